The van der Waals surface area contributed by atoms with Gasteiger partial charge in [-0.25, -0.2) is 5.32 Å². The van der Waals surface area contributed by atoms with E-state index in [1.807, 2.05) is 7.05 Å². The Kier molecular flexibility index (Phi) is 3.49. The van der Waals surface area contributed by atoms with Crippen LogP contribution in [-0.4, -0.2) is 48.7 Å². The zero-order valence-electron chi connectivity index (χ0n) is 7.36. The minimum absolute atomic E-state index is 0.0347. The van der Waals surface area contributed by atoms with Crippen molar-refractivity contribution in [2.45, 2.75) is 18.9 Å². The van der Waals surface area contributed by atoms with Crippen molar-refractivity contribution < 1.29 is 9.90 Å². The molecule has 0 aromatic rings. The molecular formula is C8H15N2O2. The van der Waals surface area contributed by atoms with Crippen molar-refractivity contribution in [2.75, 3.05) is 26.7 Å². The van der Waals surface area contributed by atoms with Crippen LogP contribution in [0.4, 0.5) is 0 Å². The molecule has 4 heteroatoms. The SMILES string of the molecule is CN1CC[N]C(CC(=O)O)CC1. The molecule has 0 aliphatic carbocycles. The molecule has 1 rings (SSSR count). The lowest BCUT2D eigenvalue weighted by Crippen LogP contribution is -2.25. The lowest BCUT2D eigenvalue weighted by Gasteiger charge is -2.11. The highest BCUT2D eigenvalue weighted by atomic mass is 16.4. The number of hydrogen-bond acceptors (Lipinski definition) is 2. The smallest absolute Gasteiger partial charge is 0.304 e. The van der Waals surface area contributed by atoms with Crippen molar-refractivity contribution in [2.24, 2.45) is 0 Å². The molecule has 0 aromatic carbocycles. The van der Waals surface area contributed by atoms with Crippen LogP contribution in [-0.2, 0) is 4.79 Å². The van der Waals surface area contributed by atoms with Gasteiger partial charge in [-0.1, -0.05) is 0 Å². The van der Waals surface area contributed by atoms with Crippen LogP contribution in [0.5, 0.6) is 0 Å². The summed E-state index contributed by atoms with van der Waals surface area (Å²) in [6, 6.07) is 0.0347. The van der Waals surface area contributed by atoms with Gasteiger partial charge in [-0.05, 0) is 20.0 Å². The molecule has 12 heavy (non-hydrogen) atoms. The molecule has 1 aliphatic rings. The molecule has 69 valence electrons. The van der Waals surface area contributed by atoms with E-state index in [9.17, 15) is 4.79 Å². The molecule has 1 aliphatic heterocycles. The molecule has 1 N–H and O–H groups in total. The lowest BCUT2D eigenvalue weighted by atomic mass is 10.1. The molecule has 1 heterocycles. The summed E-state index contributed by atoms with van der Waals surface area (Å²) in [6.07, 6.45) is 1.07. The first-order valence-electron chi connectivity index (χ1n) is 4.25. The average molecular weight is 171 g/mol. The second kappa shape index (κ2) is 4.42. The molecule has 4 nitrogen and oxygen atoms in total. The number of carboxylic acids is 1. The zero-order valence-corrected chi connectivity index (χ0v) is 7.36. The monoisotopic (exact) mass is 171 g/mol. The first-order valence-corrected chi connectivity index (χ1v) is 4.25. The number of hydrogen-bond donors (Lipinski definition) is 1. The number of carboxylic acid groups (broad SMARTS) is 1. The van der Waals surface area contributed by atoms with Crippen LogP contribution in [0.3, 0.4) is 0 Å². The number of likely N-dealkylation sites (N-methyl/N-ethyl adjacent to an activating group) is 1. The Labute approximate surface area is 72.6 Å². The second-order valence-corrected chi connectivity index (χ2v) is 3.25. The Morgan fingerprint density at radius 3 is 3.08 bits per heavy atom. The summed E-state index contributed by atoms with van der Waals surface area (Å²) < 4.78 is 0. The second-order valence-electron chi connectivity index (χ2n) is 3.25. The standard InChI is InChI=1S/C8H15N2O2/c1-10-4-2-7(6-8(11)12)9-3-5-10/h7H,2-6H2,1H3,(H,11,12). The van der Waals surface area contributed by atoms with Gasteiger partial charge < -0.3 is 10.0 Å². The van der Waals surface area contributed by atoms with Gasteiger partial charge in [-0.2, -0.15) is 0 Å². The van der Waals surface area contributed by atoms with E-state index in [0.29, 0.717) is 0 Å². The van der Waals surface area contributed by atoms with Gasteiger partial charge in [-0.3, -0.25) is 4.79 Å². The Bertz CT molecular complexity index is 161. The van der Waals surface area contributed by atoms with Crippen molar-refractivity contribution in [1.29, 1.82) is 0 Å². The summed E-state index contributed by atoms with van der Waals surface area (Å²) in [7, 11) is 2.04. The van der Waals surface area contributed by atoms with E-state index < -0.39 is 5.97 Å². The van der Waals surface area contributed by atoms with Crippen molar-refractivity contribution in [3.05, 3.63) is 0 Å². The van der Waals surface area contributed by atoms with Gasteiger partial charge in [0.1, 0.15) is 0 Å². The number of nitrogens with zero attached hydrogens (tertiary/aromatic N) is 2. The quantitative estimate of drug-likeness (QED) is 0.624. The predicted molar refractivity (Wildman–Crippen MR) is 45.2 cm³/mol. The molecule has 0 bridgehead atoms. The Balaban J connectivity index is 2.30. The summed E-state index contributed by atoms with van der Waals surface area (Å²) in [4.78, 5) is 12.6. The first-order chi connectivity index (χ1) is 5.68. The van der Waals surface area contributed by atoms with E-state index in [0.717, 1.165) is 26.1 Å². The third-order valence-electron chi connectivity index (χ3n) is 2.12. The third kappa shape index (κ3) is 3.19. The topological polar surface area (TPSA) is 54.6 Å². The molecule has 1 fully saturated rings. The average Bonchev–Trinajstić information content (AvgIpc) is 2.15. The maximum Gasteiger partial charge on any atom is 0.304 e. The molecule has 1 radical (unpaired) electrons. The minimum Gasteiger partial charge on any atom is -0.481 e. The molecule has 0 amide bonds. The van der Waals surface area contributed by atoms with Crippen molar-refractivity contribution >= 4 is 5.97 Å². The predicted octanol–water partition coefficient (Wildman–Crippen LogP) is -0.230. The van der Waals surface area contributed by atoms with Crippen LogP contribution in [0.2, 0.25) is 0 Å². The van der Waals surface area contributed by atoms with Gasteiger partial charge in [0.2, 0.25) is 0 Å². The maximum atomic E-state index is 10.4. The Morgan fingerprint density at radius 2 is 2.42 bits per heavy atom. The van der Waals surface area contributed by atoms with E-state index in [1.165, 1.54) is 0 Å². The minimum atomic E-state index is -0.742. The maximum absolute atomic E-state index is 10.4. The zero-order chi connectivity index (χ0) is 8.97. The van der Waals surface area contributed by atoms with Crippen LogP contribution in [0, 0.1) is 0 Å². The van der Waals surface area contributed by atoms with E-state index in [2.05, 4.69) is 10.2 Å². The van der Waals surface area contributed by atoms with Gasteiger partial charge >= 0.3 is 5.97 Å². The number of carbonyl (C=O) groups is 1. The van der Waals surface area contributed by atoms with Crippen molar-refractivity contribution in [3.8, 4) is 0 Å². The van der Waals surface area contributed by atoms with Crippen LogP contribution in [0.15, 0.2) is 0 Å². The first kappa shape index (κ1) is 9.48. The highest BCUT2D eigenvalue weighted by molar-refractivity contribution is 5.67. The highest BCUT2D eigenvalue weighted by Gasteiger charge is 2.17. The molecule has 1 unspecified atom stereocenters. The molecule has 0 spiro atoms. The van der Waals surface area contributed by atoms with Crippen molar-refractivity contribution in [1.82, 2.24) is 10.2 Å². The van der Waals surface area contributed by atoms with Gasteiger partial charge in [0.15, 0.2) is 0 Å². The van der Waals surface area contributed by atoms with Gasteiger partial charge in [0.05, 0.1) is 6.42 Å². The summed E-state index contributed by atoms with van der Waals surface area (Å²) in [5, 5.41) is 12.8. The van der Waals surface area contributed by atoms with E-state index >= 15 is 0 Å². The van der Waals surface area contributed by atoms with E-state index in [-0.39, 0.29) is 12.5 Å². The van der Waals surface area contributed by atoms with Crippen molar-refractivity contribution in [3.63, 3.8) is 0 Å². The fourth-order valence-corrected chi connectivity index (χ4v) is 1.35. The van der Waals surface area contributed by atoms with Crippen LogP contribution in [0.25, 0.3) is 0 Å². The van der Waals surface area contributed by atoms with Crippen LogP contribution >= 0.6 is 0 Å². The van der Waals surface area contributed by atoms with E-state index in [1.54, 1.807) is 0 Å². The number of aliphatic carboxylic acids is 1. The molecular weight excluding hydrogens is 156 g/mol. The van der Waals surface area contributed by atoms with Gasteiger partial charge in [-0.15, -0.1) is 0 Å². The lowest BCUT2D eigenvalue weighted by molar-refractivity contribution is -0.137. The van der Waals surface area contributed by atoms with Crippen LogP contribution in [0.1, 0.15) is 12.8 Å². The summed E-state index contributed by atoms with van der Waals surface area (Å²) >= 11 is 0. The molecule has 0 aromatic heterocycles. The van der Waals surface area contributed by atoms with Crippen LogP contribution < -0.4 is 5.32 Å². The van der Waals surface area contributed by atoms with Gasteiger partial charge in [0, 0.05) is 19.1 Å². The number of rotatable bonds is 2. The third-order valence-corrected chi connectivity index (χ3v) is 2.12. The summed E-state index contributed by atoms with van der Waals surface area (Å²) in [5.74, 6) is -0.742. The molecule has 1 atom stereocenters. The van der Waals surface area contributed by atoms with Gasteiger partial charge in [0.25, 0.3) is 0 Å². The molecule has 1 saturated heterocycles. The largest absolute Gasteiger partial charge is 0.481 e. The normalized spacial score (nSPS) is 26.6. The Morgan fingerprint density at radius 1 is 1.67 bits per heavy atom. The highest BCUT2D eigenvalue weighted by Crippen LogP contribution is 2.04. The fraction of sp³-hybridized carbons (Fsp3) is 0.875. The summed E-state index contributed by atoms with van der Waals surface area (Å²) in [5.41, 5.74) is 0. The molecule has 0 saturated carbocycles. The fourth-order valence-electron chi connectivity index (χ4n) is 1.35. The Hall–Kier alpha value is -0.610. The summed E-state index contributed by atoms with van der Waals surface area (Å²) in [6.45, 7) is 2.69. The van der Waals surface area contributed by atoms with E-state index in [4.69, 9.17) is 5.11 Å².